The summed E-state index contributed by atoms with van der Waals surface area (Å²) in [5.41, 5.74) is 0. The van der Waals surface area contributed by atoms with E-state index in [9.17, 15) is 13.6 Å². The highest BCUT2D eigenvalue weighted by Gasteiger charge is 2.03. The summed E-state index contributed by atoms with van der Waals surface area (Å²) in [6.07, 6.45) is 1.60. The smallest absolute Gasteiger partial charge is 0.221 e. The lowest BCUT2D eigenvalue weighted by Gasteiger charge is -1.96. The van der Waals surface area contributed by atoms with Gasteiger partial charge in [-0.05, 0) is 18.0 Å². The first-order chi connectivity index (χ1) is 5.13. The maximum atomic E-state index is 11.5. The van der Waals surface area contributed by atoms with Crippen LogP contribution in [0.15, 0.2) is 0 Å². The summed E-state index contributed by atoms with van der Waals surface area (Å²) >= 11 is 5.03. The highest BCUT2D eigenvalue weighted by molar-refractivity contribution is 6.63. The minimum atomic E-state index is -2.19. The Hall–Kier alpha value is 0.0369. The second-order valence-electron chi connectivity index (χ2n) is 2.07. The lowest BCUT2D eigenvalue weighted by atomic mass is 10.3. The average molecular weight is 199 g/mol. The highest BCUT2D eigenvalue weighted by atomic mass is 35.5. The van der Waals surface area contributed by atoms with Gasteiger partial charge in [-0.25, -0.2) is 8.78 Å². The third-order valence-electron chi connectivity index (χ3n) is 1.10. The van der Waals surface area contributed by atoms with E-state index in [1.165, 1.54) is 0 Å². The molecule has 0 aliphatic heterocycles. The van der Waals surface area contributed by atoms with Crippen LogP contribution in [-0.4, -0.2) is 20.8 Å². The lowest BCUT2D eigenvalue weighted by molar-refractivity contribution is -0.111. The van der Waals surface area contributed by atoms with Gasteiger partial charge in [0, 0.05) is 6.42 Å². The number of alkyl halides is 2. The van der Waals surface area contributed by atoms with Gasteiger partial charge < -0.3 is 0 Å². The standard InChI is InChI=1S/C6H9ClF2OSi/c7-5(10)3-1-2-4-11-6(8)9/h6H,1-4H2. The summed E-state index contributed by atoms with van der Waals surface area (Å²) < 4.78 is 23.1. The predicted octanol–water partition coefficient (Wildman–Crippen LogP) is 2.27. The Morgan fingerprint density at radius 2 is 2.09 bits per heavy atom. The minimum Gasteiger partial charge on any atom is -0.281 e. The Morgan fingerprint density at radius 1 is 1.45 bits per heavy atom. The molecule has 0 heterocycles. The molecule has 0 saturated heterocycles. The molecule has 0 aromatic carbocycles. The number of unbranched alkanes of at least 4 members (excludes halogenated alkanes) is 1. The molecular formula is C6H9ClF2OSi. The number of carbonyl (C=O) groups is 1. The van der Waals surface area contributed by atoms with Gasteiger partial charge in [-0.1, -0.05) is 12.5 Å². The summed E-state index contributed by atoms with van der Waals surface area (Å²) in [6, 6.07) is -1.69. The van der Waals surface area contributed by atoms with Crippen LogP contribution in [0.4, 0.5) is 8.78 Å². The van der Waals surface area contributed by atoms with E-state index in [-0.39, 0.29) is 14.8 Å². The zero-order valence-corrected chi connectivity index (χ0v) is 7.70. The van der Waals surface area contributed by atoms with Crippen molar-refractivity contribution in [3.63, 3.8) is 0 Å². The number of carbonyl (C=O) groups excluding carboxylic acids is 1. The van der Waals surface area contributed by atoms with E-state index < -0.39 is 6.05 Å². The molecule has 5 heteroatoms. The van der Waals surface area contributed by atoms with Crippen LogP contribution in [0.25, 0.3) is 0 Å². The zero-order valence-electron chi connectivity index (χ0n) is 5.95. The van der Waals surface area contributed by atoms with Crippen LogP contribution in [0.5, 0.6) is 0 Å². The second-order valence-corrected chi connectivity index (χ2v) is 3.83. The van der Waals surface area contributed by atoms with Crippen molar-refractivity contribution in [1.82, 2.24) is 0 Å². The molecule has 2 radical (unpaired) electrons. The van der Waals surface area contributed by atoms with Crippen molar-refractivity contribution in [2.24, 2.45) is 0 Å². The molecule has 1 nitrogen and oxygen atoms in total. The van der Waals surface area contributed by atoms with Crippen molar-refractivity contribution in [3.8, 4) is 0 Å². The van der Waals surface area contributed by atoms with E-state index in [2.05, 4.69) is 0 Å². The topological polar surface area (TPSA) is 17.1 Å². The second kappa shape index (κ2) is 6.73. The number of rotatable bonds is 6. The predicted molar refractivity (Wildman–Crippen MR) is 41.3 cm³/mol. The van der Waals surface area contributed by atoms with Gasteiger partial charge in [0.05, 0.1) is 0 Å². The molecule has 0 saturated carbocycles. The Labute approximate surface area is 71.9 Å². The van der Waals surface area contributed by atoms with Crippen LogP contribution in [0, 0.1) is 0 Å². The first kappa shape index (κ1) is 11.0. The Balaban J connectivity index is 2.97. The van der Waals surface area contributed by atoms with Crippen LogP contribution < -0.4 is 0 Å². The molecule has 0 rings (SSSR count). The molecule has 0 aliphatic carbocycles. The molecule has 0 aromatic heterocycles. The van der Waals surface area contributed by atoms with Crippen molar-refractivity contribution in [2.75, 3.05) is 0 Å². The van der Waals surface area contributed by atoms with E-state index in [1.807, 2.05) is 0 Å². The molecular weight excluding hydrogens is 190 g/mol. The lowest BCUT2D eigenvalue weighted by Crippen LogP contribution is -2.02. The summed E-state index contributed by atoms with van der Waals surface area (Å²) in [6.45, 7) is 0. The zero-order chi connectivity index (χ0) is 8.69. The van der Waals surface area contributed by atoms with E-state index in [4.69, 9.17) is 11.6 Å². The molecule has 0 N–H and O–H groups in total. The third-order valence-corrected chi connectivity index (χ3v) is 2.24. The maximum Gasteiger partial charge on any atom is 0.221 e. The van der Waals surface area contributed by atoms with Crippen LogP contribution in [0.3, 0.4) is 0 Å². The fourth-order valence-corrected chi connectivity index (χ4v) is 1.41. The van der Waals surface area contributed by atoms with Crippen LogP contribution in [0.1, 0.15) is 19.3 Å². The third kappa shape index (κ3) is 10.0. The van der Waals surface area contributed by atoms with E-state index in [1.54, 1.807) is 0 Å². The molecule has 0 aliphatic rings. The fourth-order valence-electron chi connectivity index (χ4n) is 0.600. The molecule has 64 valence electrons. The van der Waals surface area contributed by atoms with Crippen LogP contribution in [-0.2, 0) is 4.79 Å². The van der Waals surface area contributed by atoms with Crippen molar-refractivity contribution in [1.29, 1.82) is 0 Å². The highest BCUT2D eigenvalue weighted by Crippen LogP contribution is 2.04. The van der Waals surface area contributed by atoms with Crippen molar-refractivity contribution < 1.29 is 13.6 Å². The summed E-state index contributed by atoms with van der Waals surface area (Å²) in [5.74, 6) is 0. The van der Waals surface area contributed by atoms with Crippen molar-refractivity contribution in [3.05, 3.63) is 0 Å². The molecule has 0 atom stereocenters. The Morgan fingerprint density at radius 3 is 2.55 bits per heavy atom. The van der Waals surface area contributed by atoms with E-state index >= 15 is 0 Å². The normalized spacial score (nSPS) is 10.5. The van der Waals surface area contributed by atoms with Crippen molar-refractivity contribution >= 4 is 26.4 Å². The van der Waals surface area contributed by atoms with Gasteiger partial charge in [0.15, 0.2) is 0 Å². The van der Waals surface area contributed by atoms with Gasteiger partial charge in [0.2, 0.25) is 11.3 Å². The Kier molecular flexibility index (Phi) is 6.75. The summed E-state index contributed by atoms with van der Waals surface area (Å²) in [4.78, 5) is 10.2. The van der Waals surface area contributed by atoms with E-state index in [0.717, 1.165) is 0 Å². The molecule has 0 amide bonds. The van der Waals surface area contributed by atoms with Gasteiger partial charge in [0.1, 0.15) is 9.52 Å². The quantitative estimate of drug-likeness (QED) is 0.364. The SMILES string of the molecule is O=C(Cl)CCCC[Si]C(F)F. The molecule has 0 unspecified atom stereocenters. The van der Waals surface area contributed by atoms with Crippen molar-refractivity contribution in [2.45, 2.75) is 31.4 Å². The summed E-state index contributed by atoms with van der Waals surface area (Å²) in [5, 5.41) is -0.384. The fraction of sp³-hybridized carbons (Fsp3) is 0.833. The minimum absolute atomic E-state index is 0.296. The van der Waals surface area contributed by atoms with E-state index in [0.29, 0.717) is 25.3 Å². The molecule has 0 bridgehead atoms. The first-order valence-corrected chi connectivity index (χ1v) is 4.99. The maximum absolute atomic E-state index is 11.5. The number of hydrogen-bond donors (Lipinski definition) is 0. The van der Waals surface area contributed by atoms with Gasteiger partial charge in [0.25, 0.3) is 0 Å². The van der Waals surface area contributed by atoms with Gasteiger partial charge in [-0.3, -0.25) is 4.79 Å². The number of hydrogen-bond acceptors (Lipinski definition) is 1. The molecule has 0 fully saturated rings. The van der Waals surface area contributed by atoms with Crippen LogP contribution >= 0.6 is 11.6 Å². The van der Waals surface area contributed by atoms with Gasteiger partial charge >= 0.3 is 0 Å². The summed E-state index contributed by atoms with van der Waals surface area (Å²) in [7, 11) is -0.296. The van der Waals surface area contributed by atoms with Crippen LogP contribution in [0.2, 0.25) is 6.04 Å². The van der Waals surface area contributed by atoms with Gasteiger partial charge in [-0.15, -0.1) is 0 Å². The first-order valence-electron chi connectivity index (χ1n) is 3.33. The number of halogens is 3. The van der Waals surface area contributed by atoms with Gasteiger partial charge in [-0.2, -0.15) is 0 Å². The molecule has 0 spiro atoms. The molecule has 11 heavy (non-hydrogen) atoms. The molecule has 0 aromatic rings. The largest absolute Gasteiger partial charge is 0.281 e. The average Bonchev–Trinajstić information content (AvgIpc) is 1.85. The Bertz CT molecular complexity index is 121. The monoisotopic (exact) mass is 198 g/mol.